The predicted octanol–water partition coefficient (Wildman–Crippen LogP) is 4.08. The normalized spacial score (nSPS) is 24.8. The van der Waals surface area contributed by atoms with Crippen LogP contribution < -0.4 is 0 Å². The van der Waals surface area contributed by atoms with Crippen LogP contribution in [0.1, 0.15) is 62.5 Å². The third kappa shape index (κ3) is 4.73. The van der Waals surface area contributed by atoms with Gasteiger partial charge in [0.1, 0.15) is 5.82 Å². The van der Waals surface area contributed by atoms with Gasteiger partial charge in [-0.15, -0.1) is 0 Å². The molecule has 1 aromatic rings. The Labute approximate surface area is 177 Å². The van der Waals surface area contributed by atoms with Crippen molar-refractivity contribution in [3.8, 4) is 0 Å². The van der Waals surface area contributed by atoms with Gasteiger partial charge in [-0.2, -0.15) is 0 Å². The molecule has 0 radical (unpaired) electrons. The van der Waals surface area contributed by atoms with Gasteiger partial charge in [-0.25, -0.2) is 4.39 Å². The number of amides is 1. The fourth-order valence-electron chi connectivity index (χ4n) is 5.48. The van der Waals surface area contributed by atoms with E-state index in [9.17, 15) is 19.1 Å². The lowest BCUT2D eigenvalue weighted by Gasteiger charge is -2.40. The third-order valence-corrected chi connectivity index (χ3v) is 7.11. The van der Waals surface area contributed by atoms with E-state index in [0.29, 0.717) is 26.1 Å². The van der Waals surface area contributed by atoms with Crippen molar-refractivity contribution in [2.75, 3.05) is 19.6 Å². The highest BCUT2D eigenvalue weighted by Crippen LogP contribution is 2.34. The second-order valence-corrected chi connectivity index (χ2v) is 9.11. The Morgan fingerprint density at radius 1 is 1.13 bits per heavy atom. The maximum atomic E-state index is 13.7. The monoisotopic (exact) mass is 414 g/mol. The number of rotatable bonds is 5. The van der Waals surface area contributed by atoms with E-state index in [2.05, 4.69) is 0 Å². The lowest BCUT2D eigenvalue weighted by Crippen LogP contribution is -2.47. The number of piperidine rings is 1. The Kier molecular flexibility index (Phi) is 6.49. The smallest absolute Gasteiger partial charge is 0.303 e. The number of aliphatic imine (C=N–C) groups is 1. The topological polar surface area (TPSA) is 70.0 Å². The maximum absolute atomic E-state index is 13.7. The number of hydrogen-bond acceptors (Lipinski definition) is 3. The molecule has 162 valence electrons. The molecule has 4 rings (SSSR count). The number of carboxylic acid groups (broad SMARTS) is 1. The van der Waals surface area contributed by atoms with Crippen molar-refractivity contribution in [1.29, 1.82) is 0 Å². The SMILES string of the molecule is O=C(O)C[C@@H]1CCN(C(=O)C2CCCCC2)C[C@@H]1CC1=NCCc2cc(F)ccc21. The molecule has 2 atom stereocenters. The van der Waals surface area contributed by atoms with Crippen LogP contribution in [0.3, 0.4) is 0 Å². The first kappa shape index (κ1) is 21.0. The number of likely N-dealkylation sites (tertiary alicyclic amines) is 1. The lowest BCUT2D eigenvalue weighted by molar-refractivity contribution is -0.141. The fourth-order valence-corrected chi connectivity index (χ4v) is 5.48. The van der Waals surface area contributed by atoms with E-state index in [4.69, 9.17) is 4.99 Å². The van der Waals surface area contributed by atoms with E-state index < -0.39 is 5.97 Å². The summed E-state index contributed by atoms with van der Waals surface area (Å²) in [6, 6.07) is 4.84. The lowest BCUT2D eigenvalue weighted by atomic mass is 9.77. The number of carbonyl (C=O) groups excluding carboxylic acids is 1. The van der Waals surface area contributed by atoms with Crippen LogP contribution >= 0.6 is 0 Å². The molecule has 0 unspecified atom stereocenters. The second-order valence-electron chi connectivity index (χ2n) is 9.11. The highest BCUT2D eigenvalue weighted by Gasteiger charge is 2.36. The molecule has 1 saturated carbocycles. The molecular formula is C24H31FN2O3. The Bertz CT molecular complexity index is 832. The second kappa shape index (κ2) is 9.27. The molecule has 30 heavy (non-hydrogen) atoms. The molecule has 1 aliphatic carbocycles. The van der Waals surface area contributed by atoms with Crippen LogP contribution in [0.5, 0.6) is 0 Å². The zero-order valence-electron chi connectivity index (χ0n) is 17.5. The molecule has 6 heteroatoms. The van der Waals surface area contributed by atoms with E-state index in [1.54, 1.807) is 12.1 Å². The molecule has 3 aliphatic rings. The summed E-state index contributed by atoms with van der Waals surface area (Å²) >= 11 is 0. The van der Waals surface area contributed by atoms with Crippen LogP contribution in [-0.2, 0) is 16.0 Å². The van der Waals surface area contributed by atoms with Crippen molar-refractivity contribution in [3.63, 3.8) is 0 Å². The Hall–Kier alpha value is -2.24. The number of aliphatic carboxylic acids is 1. The molecule has 1 N–H and O–H groups in total. The van der Waals surface area contributed by atoms with Gasteiger partial charge < -0.3 is 10.0 Å². The first-order valence-electron chi connectivity index (χ1n) is 11.3. The summed E-state index contributed by atoms with van der Waals surface area (Å²) in [5.41, 5.74) is 2.89. The molecule has 2 heterocycles. The average molecular weight is 415 g/mol. The molecule has 5 nitrogen and oxygen atoms in total. The largest absolute Gasteiger partial charge is 0.481 e. The van der Waals surface area contributed by atoms with E-state index in [1.807, 2.05) is 4.90 Å². The summed E-state index contributed by atoms with van der Waals surface area (Å²) in [6.07, 6.45) is 7.63. The van der Waals surface area contributed by atoms with Crippen molar-refractivity contribution >= 4 is 17.6 Å². The summed E-state index contributed by atoms with van der Waals surface area (Å²) in [5, 5.41) is 9.40. The highest BCUT2D eigenvalue weighted by molar-refractivity contribution is 6.02. The van der Waals surface area contributed by atoms with Gasteiger partial charge in [-0.05, 0) is 73.3 Å². The fraction of sp³-hybridized carbons (Fsp3) is 0.625. The van der Waals surface area contributed by atoms with Gasteiger partial charge in [-0.1, -0.05) is 19.3 Å². The first-order valence-corrected chi connectivity index (χ1v) is 11.3. The number of carboxylic acids is 1. The molecule has 1 saturated heterocycles. The average Bonchev–Trinajstić information content (AvgIpc) is 2.74. The molecule has 1 aromatic carbocycles. The maximum Gasteiger partial charge on any atom is 0.303 e. The van der Waals surface area contributed by atoms with Crippen molar-refractivity contribution in [1.82, 2.24) is 4.90 Å². The van der Waals surface area contributed by atoms with Gasteiger partial charge in [0, 0.05) is 37.7 Å². The van der Waals surface area contributed by atoms with Crippen LogP contribution in [0, 0.1) is 23.6 Å². The standard InChI is InChI=1S/C24H31FN2O3/c25-20-6-7-21-18(12-20)8-10-26-22(21)13-19-15-27(11-9-17(19)14-23(28)29)24(30)16-4-2-1-3-5-16/h6-7,12,16-17,19H,1-5,8-11,13-15H2,(H,28,29)/t17-,19-/m0/s1. The number of carbonyl (C=O) groups is 2. The molecule has 0 spiro atoms. The Morgan fingerprint density at radius 3 is 2.70 bits per heavy atom. The summed E-state index contributed by atoms with van der Waals surface area (Å²) in [7, 11) is 0. The number of benzene rings is 1. The molecule has 0 bridgehead atoms. The van der Waals surface area contributed by atoms with Crippen molar-refractivity contribution < 1.29 is 19.1 Å². The van der Waals surface area contributed by atoms with E-state index in [-0.39, 0.29) is 35.9 Å². The molecule has 2 aliphatic heterocycles. The molecule has 1 amide bonds. The summed E-state index contributed by atoms with van der Waals surface area (Å²) in [5.74, 6) is -0.540. The van der Waals surface area contributed by atoms with Gasteiger partial charge in [0.25, 0.3) is 0 Å². The minimum absolute atomic E-state index is 0.0337. The predicted molar refractivity (Wildman–Crippen MR) is 113 cm³/mol. The van der Waals surface area contributed by atoms with Crippen molar-refractivity contribution in [2.24, 2.45) is 22.7 Å². The van der Waals surface area contributed by atoms with Crippen LogP contribution in [0.4, 0.5) is 4.39 Å². The molecule has 0 aromatic heterocycles. The number of fused-ring (bicyclic) bond motifs is 1. The van der Waals surface area contributed by atoms with Crippen LogP contribution in [0.15, 0.2) is 23.2 Å². The minimum Gasteiger partial charge on any atom is -0.481 e. The summed E-state index contributed by atoms with van der Waals surface area (Å²) < 4.78 is 13.7. The quantitative estimate of drug-likeness (QED) is 0.789. The van der Waals surface area contributed by atoms with Gasteiger partial charge >= 0.3 is 5.97 Å². The van der Waals surface area contributed by atoms with E-state index in [0.717, 1.165) is 55.4 Å². The van der Waals surface area contributed by atoms with Gasteiger partial charge in [0.05, 0.1) is 0 Å². The van der Waals surface area contributed by atoms with Crippen LogP contribution in [0.2, 0.25) is 0 Å². The number of nitrogens with zero attached hydrogens (tertiary/aromatic N) is 2. The van der Waals surface area contributed by atoms with Crippen molar-refractivity contribution in [3.05, 3.63) is 35.1 Å². The molecule has 2 fully saturated rings. The van der Waals surface area contributed by atoms with E-state index >= 15 is 0 Å². The third-order valence-electron chi connectivity index (χ3n) is 7.11. The minimum atomic E-state index is -0.787. The molecular weight excluding hydrogens is 383 g/mol. The van der Waals surface area contributed by atoms with Crippen molar-refractivity contribution in [2.45, 2.75) is 57.8 Å². The van der Waals surface area contributed by atoms with Gasteiger partial charge in [-0.3, -0.25) is 14.6 Å². The van der Waals surface area contributed by atoms with Crippen LogP contribution in [0.25, 0.3) is 0 Å². The highest BCUT2D eigenvalue weighted by atomic mass is 19.1. The number of halogens is 1. The van der Waals surface area contributed by atoms with E-state index in [1.165, 1.54) is 12.5 Å². The summed E-state index contributed by atoms with van der Waals surface area (Å²) in [6.45, 7) is 1.88. The van der Waals surface area contributed by atoms with Gasteiger partial charge in [0.2, 0.25) is 5.91 Å². The van der Waals surface area contributed by atoms with Gasteiger partial charge in [0.15, 0.2) is 0 Å². The number of hydrogen-bond donors (Lipinski definition) is 1. The summed E-state index contributed by atoms with van der Waals surface area (Å²) in [4.78, 5) is 31.2. The Morgan fingerprint density at radius 2 is 1.93 bits per heavy atom. The first-order chi connectivity index (χ1) is 14.5. The van der Waals surface area contributed by atoms with Crippen LogP contribution in [-0.4, -0.2) is 47.2 Å². The Balaban J connectivity index is 1.51. The zero-order chi connectivity index (χ0) is 21.1. The zero-order valence-corrected chi connectivity index (χ0v) is 17.5.